The van der Waals surface area contributed by atoms with Crippen molar-refractivity contribution in [3.05, 3.63) is 35.9 Å². The summed E-state index contributed by atoms with van der Waals surface area (Å²) >= 11 is 0. The maximum absolute atomic E-state index is 11.7. The summed E-state index contributed by atoms with van der Waals surface area (Å²) in [6, 6.07) is 6.76. The van der Waals surface area contributed by atoms with Crippen LogP contribution >= 0.6 is 0 Å². The lowest BCUT2D eigenvalue weighted by Crippen LogP contribution is -2.42. The van der Waals surface area contributed by atoms with Crippen LogP contribution in [0.2, 0.25) is 0 Å². The Kier molecular flexibility index (Phi) is 7.25. The topological polar surface area (TPSA) is 108 Å². The van der Waals surface area contributed by atoms with Crippen molar-refractivity contribution in [2.24, 2.45) is 0 Å². The van der Waals surface area contributed by atoms with Gasteiger partial charge in [0.15, 0.2) is 0 Å². The van der Waals surface area contributed by atoms with Crippen LogP contribution in [0, 0.1) is 0 Å². The largest absolute Gasteiger partial charge is 0.469 e. The molecule has 0 spiro atoms. The highest BCUT2D eigenvalue weighted by atomic mass is 16.6. The van der Waals surface area contributed by atoms with Gasteiger partial charge < -0.3 is 19.5 Å². The number of rotatable bonds is 6. The molecule has 0 aliphatic rings. The van der Waals surface area contributed by atoms with Crippen molar-refractivity contribution >= 4 is 24.0 Å². The Labute approximate surface area is 132 Å². The Morgan fingerprint density at radius 1 is 1.04 bits per heavy atom. The fraction of sp³-hybridized carbons (Fsp3) is 0.333. The van der Waals surface area contributed by atoms with E-state index in [1.165, 1.54) is 19.2 Å². The molecule has 0 unspecified atom stereocenters. The van der Waals surface area contributed by atoms with E-state index in [0.717, 1.165) is 7.11 Å². The first-order valence-corrected chi connectivity index (χ1v) is 6.70. The minimum Gasteiger partial charge on any atom is -0.469 e. The number of hydrogen-bond acceptors (Lipinski definition) is 7. The van der Waals surface area contributed by atoms with Gasteiger partial charge in [0.05, 0.1) is 19.8 Å². The number of hydrogen-bond donors (Lipinski definition) is 1. The Morgan fingerprint density at radius 2 is 1.70 bits per heavy atom. The average molecular weight is 323 g/mol. The maximum Gasteiger partial charge on any atom is 0.415 e. The number of benzene rings is 1. The zero-order valence-corrected chi connectivity index (χ0v) is 12.7. The lowest BCUT2D eigenvalue weighted by molar-refractivity contribution is -0.144. The highest BCUT2D eigenvalue weighted by Gasteiger charge is 2.24. The van der Waals surface area contributed by atoms with E-state index in [2.05, 4.69) is 19.5 Å². The molecule has 1 rings (SSSR count). The first kappa shape index (κ1) is 18.1. The lowest BCUT2D eigenvalue weighted by atomic mass is 10.1. The highest BCUT2D eigenvalue weighted by Crippen LogP contribution is 2.04. The molecule has 8 nitrogen and oxygen atoms in total. The Balaban J connectivity index is 2.60. The summed E-state index contributed by atoms with van der Waals surface area (Å²) in [7, 11) is 2.34. The molecule has 8 heteroatoms. The van der Waals surface area contributed by atoms with E-state index < -0.39 is 30.0 Å². The van der Waals surface area contributed by atoms with Crippen molar-refractivity contribution in [2.45, 2.75) is 18.9 Å². The molecule has 1 aromatic rings. The first-order chi connectivity index (χ1) is 11.0. The van der Waals surface area contributed by atoms with Crippen molar-refractivity contribution in [3.8, 4) is 0 Å². The van der Waals surface area contributed by atoms with Gasteiger partial charge in [-0.25, -0.2) is 14.4 Å². The van der Waals surface area contributed by atoms with Gasteiger partial charge in [0, 0.05) is 6.42 Å². The van der Waals surface area contributed by atoms with E-state index in [4.69, 9.17) is 0 Å². The molecular formula is C15H17NO7. The lowest BCUT2D eigenvalue weighted by Gasteiger charge is -2.15. The molecule has 0 radical (unpaired) electrons. The normalized spacial score (nSPS) is 11.0. The van der Waals surface area contributed by atoms with Crippen LogP contribution in [0.5, 0.6) is 0 Å². The second-order valence-corrected chi connectivity index (χ2v) is 4.38. The van der Waals surface area contributed by atoms with Crippen LogP contribution in [0.15, 0.2) is 30.3 Å². The summed E-state index contributed by atoms with van der Waals surface area (Å²) in [6.45, 7) is 0. The number of methoxy groups -OCH3 is 2. The summed E-state index contributed by atoms with van der Waals surface area (Å²) in [5.41, 5.74) is 0.187. The van der Waals surface area contributed by atoms with Crippen molar-refractivity contribution in [2.75, 3.05) is 14.2 Å². The second-order valence-electron chi connectivity index (χ2n) is 4.38. The summed E-state index contributed by atoms with van der Waals surface area (Å²) < 4.78 is 13.6. The molecule has 0 bridgehead atoms. The zero-order valence-electron chi connectivity index (χ0n) is 12.7. The standard InChI is InChI=1S/C15H17NO7/c1-21-12(17)9-8-11(14(19)22-2)16-15(20)23-13(18)10-6-4-3-5-7-10/h3-7,11H,8-9H2,1-2H3,(H,16,20)/t11-/m0/s1. The third-order valence-corrected chi connectivity index (χ3v) is 2.84. The number of carbonyl (C=O) groups excluding carboxylic acids is 4. The van der Waals surface area contributed by atoms with E-state index in [1.807, 2.05) is 0 Å². The number of nitrogens with one attached hydrogen (secondary N) is 1. The van der Waals surface area contributed by atoms with Crippen LogP contribution in [0.4, 0.5) is 4.79 Å². The van der Waals surface area contributed by atoms with Gasteiger partial charge in [0.2, 0.25) is 0 Å². The van der Waals surface area contributed by atoms with E-state index in [0.29, 0.717) is 0 Å². The predicted molar refractivity (Wildman–Crippen MR) is 77.4 cm³/mol. The van der Waals surface area contributed by atoms with Gasteiger partial charge in [0.1, 0.15) is 6.04 Å². The van der Waals surface area contributed by atoms with Gasteiger partial charge in [-0.05, 0) is 18.6 Å². The van der Waals surface area contributed by atoms with E-state index in [-0.39, 0.29) is 18.4 Å². The van der Waals surface area contributed by atoms with Gasteiger partial charge in [-0.15, -0.1) is 0 Å². The molecule has 0 aromatic heterocycles. The summed E-state index contributed by atoms with van der Waals surface area (Å²) in [5, 5.41) is 2.18. The van der Waals surface area contributed by atoms with Gasteiger partial charge in [-0.2, -0.15) is 0 Å². The predicted octanol–water partition coefficient (Wildman–Crippen LogP) is 1.05. The number of amides is 1. The summed E-state index contributed by atoms with van der Waals surface area (Å²) in [6.07, 6.45) is -1.27. The Hall–Kier alpha value is -2.90. The molecule has 0 fully saturated rings. The molecule has 23 heavy (non-hydrogen) atoms. The monoisotopic (exact) mass is 323 g/mol. The van der Waals surface area contributed by atoms with Crippen molar-refractivity contribution in [1.82, 2.24) is 5.32 Å². The number of carbonyl (C=O) groups is 4. The molecule has 124 valence electrons. The fourth-order valence-electron chi connectivity index (χ4n) is 1.64. The molecular weight excluding hydrogens is 306 g/mol. The molecule has 1 N–H and O–H groups in total. The van der Waals surface area contributed by atoms with E-state index in [9.17, 15) is 19.2 Å². The molecule has 0 saturated heterocycles. The van der Waals surface area contributed by atoms with Crippen LogP contribution in [0.3, 0.4) is 0 Å². The third kappa shape index (κ3) is 6.16. The van der Waals surface area contributed by atoms with E-state index in [1.54, 1.807) is 18.2 Å². The minimum absolute atomic E-state index is 0.0476. The molecule has 0 aliphatic heterocycles. The second kappa shape index (κ2) is 9.19. The van der Waals surface area contributed by atoms with Crippen molar-refractivity contribution in [1.29, 1.82) is 0 Å². The van der Waals surface area contributed by atoms with Crippen LogP contribution in [0.25, 0.3) is 0 Å². The minimum atomic E-state index is -1.13. The molecule has 1 amide bonds. The quantitative estimate of drug-likeness (QED) is 0.473. The molecule has 1 aromatic carbocycles. The van der Waals surface area contributed by atoms with E-state index >= 15 is 0 Å². The number of ether oxygens (including phenoxy) is 3. The highest BCUT2D eigenvalue weighted by molar-refractivity contribution is 5.97. The third-order valence-electron chi connectivity index (χ3n) is 2.84. The van der Waals surface area contributed by atoms with Crippen LogP contribution in [-0.2, 0) is 23.8 Å². The van der Waals surface area contributed by atoms with Crippen molar-refractivity contribution < 1.29 is 33.4 Å². The zero-order chi connectivity index (χ0) is 17.2. The molecule has 0 aliphatic carbocycles. The van der Waals surface area contributed by atoms with Crippen molar-refractivity contribution in [3.63, 3.8) is 0 Å². The molecule has 0 saturated carbocycles. The molecule has 0 heterocycles. The van der Waals surface area contributed by atoms with Crippen LogP contribution in [0.1, 0.15) is 23.2 Å². The maximum atomic E-state index is 11.7. The Morgan fingerprint density at radius 3 is 2.26 bits per heavy atom. The SMILES string of the molecule is COC(=O)CC[C@H](NC(=O)OC(=O)c1ccccc1)C(=O)OC. The molecule has 1 atom stereocenters. The number of alkyl carbamates (subject to hydrolysis) is 1. The van der Waals surface area contributed by atoms with Crippen LogP contribution in [-0.4, -0.2) is 44.3 Å². The van der Waals surface area contributed by atoms with Gasteiger partial charge >= 0.3 is 24.0 Å². The van der Waals surface area contributed by atoms with Gasteiger partial charge in [0.25, 0.3) is 0 Å². The summed E-state index contributed by atoms with van der Waals surface area (Å²) in [4.78, 5) is 46.1. The fourth-order valence-corrected chi connectivity index (χ4v) is 1.64. The smallest absolute Gasteiger partial charge is 0.415 e. The summed E-state index contributed by atoms with van der Waals surface area (Å²) in [5.74, 6) is -2.17. The van der Waals surface area contributed by atoms with Crippen LogP contribution < -0.4 is 5.32 Å². The first-order valence-electron chi connectivity index (χ1n) is 6.70. The van der Waals surface area contributed by atoms with Gasteiger partial charge in [-0.3, -0.25) is 4.79 Å². The number of esters is 3. The Bertz CT molecular complexity index is 570. The average Bonchev–Trinajstić information content (AvgIpc) is 2.58. The van der Waals surface area contributed by atoms with Gasteiger partial charge in [-0.1, -0.05) is 18.2 Å².